The maximum absolute atomic E-state index is 13.2. The summed E-state index contributed by atoms with van der Waals surface area (Å²) in [5.74, 6) is 1.41. The number of fused-ring (bicyclic) bond motifs is 1. The quantitative estimate of drug-likeness (QED) is 0.664. The second kappa shape index (κ2) is 8.80. The summed E-state index contributed by atoms with van der Waals surface area (Å²) < 4.78 is 13.2. The summed E-state index contributed by atoms with van der Waals surface area (Å²) in [5, 5.41) is 0. The number of nitrogens with two attached hydrogens (primary N) is 1. The topological polar surface area (TPSA) is 70.8 Å². The van der Waals surface area contributed by atoms with Crippen LogP contribution in [0.5, 0.6) is 0 Å². The van der Waals surface area contributed by atoms with Gasteiger partial charge in [0.05, 0.1) is 5.52 Å². The van der Waals surface area contributed by atoms with Gasteiger partial charge in [-0.1, -0.05) is 19.8 Å². The Morgan fingerprint density at radius 2 is 2.04 bits per heavy atom. The Morgan fingerprint density at radius 1 is 1.19 bits per heavy atom. The van der Waals surface area contributed by atoms with Crippen molar-refractivity contribution in [2.75, 3.05) is 25.4 Å². The highest BCUT2D eigenvalue weighted by molar-refractivity contribution is 5.88. The lowest BCUT2D eigenvalue weighted by molar-refractivity contribution is 0.283. The Balaban J connectivity index is 1.58. The molecule has 6 heteroatoms. The second-order valence-corrected chi connectivity index (χ2v) is 7.58. The second-order valence-electron chi connectivity index (χ2n) is 7.58. The fourth-order valence-corrected chi connectivity index (χ4v) is 3.86. The van der Waals surface area contributed by atoms with E-state index in [1.54, 1.807) is 0 Å². The summed E-state index contributed by atoms with van der Waals surface area (Å²) >= 11 is 0. The van der Waals surface area contributed by atoms with Crippen LogP contribution in [0.15, 0.2) is 0 Å². The van der Waals surface area contributed by atoms with Crippen LogP contribution in [-0.2, 0) is 12.8 Å². The van der Waals surface area contributed by atoms with E-state index >= 15 is 0 Å². The van der Waals surface area contributed by atoms with Crippen LogP contribution in [0.2, 0.25) is 0 Å². The first-order valence-electron chi connectivity index (χ1n) is 10.1. The predicted octanol–water partition coefficient (Wildman–Crippen LogP) is 3.95. The Labute approximate surface area is 155 Å². The number of aryl methyl sites for hydroxylation is 3. The summed E-state index contributed by atoms with van der Waals surface area (Å²) in [6.45, 7) is 6.82. The van der Waals surface area contributed by atoms with E-state index < -0.39 is 6.17 Å². The highest BCUT2D eigenvalue weighted by atomic mass is 19.1. The van der Waals surface area contributed by atoms with Gasteiger partial charge in [0.2, 0.25) is 0 Å². The average molecular weight is 362 g/mol. The average Bonchev–Trinajstić information content (AvgIpc) is 3.16. The SMILES string of the molecule is CCCCc1nc(N)c2[nH]c(C)c(CCCCCN3CCC(F)C3)c2n1. The van der Waals surface area contributed by atoms with E-state index in [2.05, 4.69) is 28.7 Å². The van der Waals surface area contributed by atoms with Crippen molar-refractivity contribution in [3.8, 4) is 0 Å². The number of anilines is 1. The first kappa shape index (κ1) is 19.1. The van der Waals surface area contributed by atoms with Gasteiger partial charge < -0.3 is 15.6 Å². The highest BCUT2D eigenvalue weighted by Gasteiger charge is 2.20. The van der Waals surface area contributed by atoms with Crippen LogP contribution in [0.4, 0.5) is 10.2 Å². The standard InChI is InChI=1S/C20H32FN5/c1-3-4-9-17-24-18-16(14(2)23-19(18)20(22)25-17)8-6-5-7-11-26-12-10-15(21)13-26/h15,23H,3-13H2,1-2H3,(H2,22,24,25). The Hall–Kier alpha value is -1.69. The zero-order valence-corrected chi connectivity index (χ0v) is 16.2. The van der Waals surface area contributed by atoms with Crippen LogP contribution in [-0.4, -0.2) is 45.7 Å². The highest BCUT2D eigenvalue weighted by Crippen LogP contribution is 2.26. The number of nitrogen functional groups attached to an aromatic ring is 1. The zero-order valence-electron chi connectivity index (χ0n) is 16.2. The van der Waals surface area contributed by atoms with Gasteiger partial charge in [-0.25, -0.2) is 14.4 Å². The Morgan fingerprint density at radius 3 is 2.77 bits per heavy atom. The molecule has 1 fully saturated rings. The third-order valence-electron chi connectivity index (χ3n) is 5.40. The van der Waals surface area contributed by atoms with Gasteiger partial charge in [-0.15, -0.1) is 0 Å². The molecular weight excluding hydrogens is 329 g/mol. The van der Waals surface area contributed by atoms with Crippen LogP contribution in [0.3, 0.4) is 0 Å². The van der Waals surface area contributed by atoms with E-state index in [4.69, 9.17) is 10.7 Å². The Kier molecular flexibility index (Phi) is 6.46. The molecule has 5 nitrogen and oxygen atoms in total. The van der Waals surface area contributed by atoms with Gasteiger partial charge in [0.1, 0.15) is 17.5 Å². The van der Waals surface area contributed by atoms with Gasteiger partial charge in [0.15, 0.2) is 5.82 Å². The molecule has 0 aromatic carbocycles. The van der Waals surface area contributed by atoms with Crippen molar-refractivity contribution < 1.29 is 4.39 Å². The van der Waals surface area contributed by atoms with Gasteiger partial charge >= 0.3 is 0 Å². The first-order valence-corrected chi connectivity index (χ1v) is 10.1. The molecule has 0 aliphatic carbocycles. The van der Waals surface area contributed by atoms with E-state index in [9.17, 15) is 4.39 Å². The first-order chi connectivity index (χ1) is 12.6. The van der Waals surface area contributed by atoms with Gasteiger partial charge in [0, 0.05) is 25.2 Å². The molecule has 3 rings (SSSR count). The smallest absolute Gasteiger partial charge is 0.151 e. The van der Waals surface area contributed by atoms with Gasteiger partial charge in [0.25, 0.3) is 0 Å². The number of rotatable bonds is 9. The molecule has 0 amide bonds. The minimum atomic E-state index is -0.615. The van der Waals surface area contributed by atoms with E-state index in [0.29, 0.717) is 18.8 Å². The molecule has 3 heterocycles. The number of likely N-dealkylation sites (tertiary alicyclic amines) is 1. The lowest BCUT2D eigenvalue weighted by atomic mass is 10.1. The molecule has 1 aliphatic rings. The number of aromatic nitrogens is 3. The van der Waals surface area contributed by atoms with E-state index in [1.807, 2.05) is 0 Å². The third kappa shape index (κ3) is 4.53. The number of nitrogens with zero attached hydrogens (tertiary/aromatic N) is 3. The fraction of sp³-hybridized carbons (Fsp3) is 0.700. The number of alkyl halides is 1. The molecule has 2 aromatic heterocycles. The molecule has 0 spiro atoms. The normalized spacial score (nSPS) is 18.2. The molecule has 3 N–H and O–H groups in total. The summed E-state index contributed by atoms with van der Waals surface area (Å²) in [7, 11) is 0. The van der Waals surface area contributed by atoms with E-state index in [1.165, 1.54) is 5.56 Å². The maximum atomic E-state index is 13.2. The van der Waals surface area contributed by atoms with Gasteiger partial charge in [-0.05, 0) is 51.1 Å². The molecule has 0 bridgehead atoms. The van der Waals surface area contributed by atoms with Crippen LogP contribution in [0.25, 0.3) is 11.0 Å². The number of aromatic amines is 1. The fourth-order valence-electron chi connectivity index (χ4n) is 3.86. The van der Waals surface area contributed by atoms with E-state index in [0.717, 1.165) is 80.6 Å². The van der Waals surface area contributed by atoms with Crippen molar-refractivity contribution in [1.29, 1.82) is 0 Å². The molecule has 2 aromatic rings. The van der Waals surface area contributed by atoms with Crippen LogP contribution in [0, 0.1) is 6.92 Å². The van der Waals surface area contributed by atoms with Gasteiger partial charge in [-0.2, -0.15) is 0 Å². The molecular formula is C20H32FN5. The monoisotopic (exact) mass is 361 g/mol. The summed E-state index contributed by atoms with van der Waals surface area (Å²) in [6.07, 6.45) is 7.59. The number of nitrogens with one attached hydrogen (secondary N) is 1. The number of unbranched alkanes of at least 4 members (excludes halogenated alkanes) is 3. The molecule has 1 saturated heterocycles. The zero-order chi connectivity index (χ0) is 18.5. The predicted molar refractivity (Wildman–Crippen MR) is 105 cm³/mol. The van der Waals surface area contributed by atoms with Crippen molar-refractivity contribution in [3.63, 3.8) is 0 Å². The van der Waals surface area contributed by atoms with Gasteiger partial charge in [-0.3, -0.25) is 0 Å². The largest absolute Gasteiger partial charge is 0.382 e. The third-order valence-corrected chi connectivity index (χ3v) is 5.40. The van der Waals surface area contributed by atoms with Crippen LogP contribution >= 0.6 is 0 Å². The lowest BCUT2D eigenvalue weighted by Gasteiger charge is -2.13. The number of hydrogen-bond acceptors (Lipinski definition) is 4. The molecule has 1 unspecified atom stereocenters. The number of H-pyrrole nitrogens is 1. The summed E-state index contributed by atoms with van der Waals surface area (Å²) in [4.78, 5) is 14.9. The van der Waals surface area contributed by atoms with Crippen molar-refractivity contribution >= 4 is 16.9 Å². The maximum Gasteiger partial charge on any atom is 0.151 e. The summed E-state index contributed by atoms with van der Waals surface area (Å²) in [5.41, 5.74) is 10.5. The van der Waals surface area contributed by atoms with Crippen LogP contribution < -0.4 is 5.73 Å². The van der Waals surface area contributed by atoms with Crippen molar-refractivity contribution in [1.82, 2.24) is 19.9 Å². The van der Waals surface area contributed by atoms with E-state index in [-0.39, 0.29) is 0 Å². The van der Waals surface area contributed by atoms with Crippen LogP contribution in [0.1, 0.15) is 62.5 Å². The molecule has 1 aliphatic heterocycles. The molecule has 26 heavy (non-hydrogen) atoms. The number of hydrogen-bond donors (Lipinski definition) is 2. The minimum absolute atomic E-state index is 0.560. The van der Waals surface area contributed by atoms with Crippen molar-refractivity contribution in [3.05, 3.63) is 17.1 Å². The molecule has 0 radical (unpaired) electrons. The number of halogens is 1. The van der Waals surface area contributed by atoms with Crippen molar-refractivity contribution in [2.45, 2.75) is 71.4 Å². The Bertz CT molecular complexity index is 727. The summed E-state index contributed by atoms with van der Waals surface area (Å²) in [6, 6.07) is 0. The molecule has 1 atom stereocenters. The lowest BCUT2D eigenvalue weighted by Crippen LogP contribution is -2.22. The minimum Gasteiger partial charge on any atom is -0.382 e. The van der Waals surface area contributed by atoms with Crippen molar-refractivity contribution in [2.24, 2.45) is 0 Å². The molecule has 0 saturated carbocycles. The molecule has 144 valence electrons.